The van der Waals surface area contributed by atoms with Crippen molar-refractivity contribution in [2.75, 3.05) is 26.2 Å². The van der Waals surface area contributed by atoms with Crippen LogP contribution in [0.3, 0.4) is 0 Å². The number of amides is 3. The highest BCUT2D eigenvalue weighted by molar-refractivity contribution is 5.81. The largest absolute Gasteiger partial charge is 0.342 e. The summed E-state index contributed by atoms with van der Waals surface area (Å²) in [5.41, 5.74) is 1.73. The number of aromatic nitrogens is 3. The number of urea groups is 1. The summed E-state index contributed by atoms with van der Waals surface area (Å²) in [5, 5.41) is 3.17. The summed E-state index contributed by atoms with van der Waals surface area (Å²) in [6.07, 6.45) is 9.91. The molecule has 1 saturated carbocycles. The molecular formula is C23H32N6O2. The van der Waals surface area contributed by atoms with Gasteiger partial charge >= 0.3 is 6.03 Å². The van der Waals surface area contributed by atoms with Crippen LogP contribution in [-0.4, -0.2) is 68.9 Å². The lowest BCUT2D eigenvalue weighted by Gasteiger charge is -2.37. The maximum absolute atomic E-state index is 13.2. The minimum absolute atomic E-state index is 0.0154. The van der Waals surface area contributed by atoms with E-state index in [4.69, 9.17) is 0 Å². The van der Waals surface area contributed by atoms with Gasteiger partial charge in [0.25, 0.3) is 0 Å². The van der Waals surface area contributed by atoms with Crippen molar-refractivity contribution in [3.05, 3.63) is 24.2 Å². The molecular weight excluding hydrogens is 392 g/mol. The van der Waals surface area contributed by atoms with Crippen LogP contribution < -0.4 is 5.32 Å². The Morgan fingerprint density at radius 1 is 1.00 bits per heavy atom. The van der Waals surface area contributed by atoms with Crippen LogP contribution in [0.4, 0.5) is 4.79 Å². The zero-order valence-electron chi connectivity index (χ0n) is 18.1. The molecule has 166 valence electrons. The summed E-state index contributed by atoms with van der Waals surface area (Å²) in [6, 6.07) is 4.24. The Morgan fingerprint density at radius 3 is 2.58 bits per heavy atom. The number of nitrogens with one attached hydrogen (secondary N) is 2. The molecule has 4 heterocycles. The van der Waals surface area contributed by atoms with Gasteiger partial charge in [-0.25, -0.2) is 14.8 Å². The van der Waals surface area contributed by atoms with Crippen molar-refractivity contribution in [2.24, 2.45) is 5.92 Å². The Balaban J connectivity index is 1.14. The molecule has 2 N–H and O–H groups in total. The molecule has 1 unspecified atom stereocenters. The predicted molar refractivity (Wildman–Crippen MR) is 118 cm³/mol. The standard InChI is InChI=1S/C23H32N6O2/c30-22(17-5-4-12-29(15-17)23(31)25-18-6-1-2-7-18)28-13-9-16(10-14-28)20-26-19-8-3-11-24-21(19)27-20/h3,8,11,16-18H,1-2,4-7,9-10,12-15H2,(H,25,31)(H,24,26,27). The number of carbonyl (C=O) groups excluding carboxylic acids is 2. The van der Waals surface area contributed by atoms with Crippen molar-refractivity contribution in [3.8, 4) is 0 Å². The lowest BCUT2D eigenvalue weighted by atomic mass is 9.92. The van der Waals surface area contributed by atoms with E-state index in [9.17, 15) is 9.59 Å². The van der Waals surface area contributed by atoms with Gasteiger partial charge in [-0.2, -0.15) is 0 Å². The second kappa shape index (κ2) is 8.85. The van der Waals surface area contributed by atoms with E-state index in [1.165, 1.54) is 12.8 Å². The van der Waals surface area contributed by atoms with Gasteiger partial charge in [0, 0.05) is 44.3 Å². The number of likely N-dealkylation sites (tertiary alicyclic amines) is 2. The molecule has 3 fully saturated rings. The Bertz CT molecular complexity index is 896. The average molecular weight is 425 g/mol. The van der Waals surface area contributed by atoms with Crippen LogP contribution in [0, 0.1) is 5.92 Å². The first-order chi connectivity index (χ1) is 15.2. The number of hydrogen-bond donors (Lipinski definition) is 2. The molecule has 1 atom stereocenters. The first-order valence-electron chi connectivity index (χ1n) is 11.8. The van der Waals surface area contributed by atoms with Gasteiger partial charge in [0.05, 0.1) is 11.4 Å². The number of piperidine rings is 2. The third kappa shape index (κ3) is 4.38. The van der Waals surface area contributed by atoms with E-state index in [2.05, 4.69) is 20.3 Å². The predicted octanol–water partition coefficient (Wildman–Crippen LogP) is 3.03. The molecule has 0 radical (unpaired) electrons. The van der Waals surface area contributed by atoms with Gasteiger partial charge < -0.3 is 20.1 Å². The lowest BCUT2D eigenvalue weighted by molar-refractivity contribution is -0.138. The van der Waals surface area contributed by atoms with Gasteiger partial charge in [0.2, 0.25) is 5.91 Å². The zero-order chi connectivity index (χ0) is 21.2. The number of fused-ring (bicyclic) bond motifs is 1. The van der Waals surface area contributed by atoms with Crippen LogP contribution in [0.25, 0.3) is 11.2 Å². The fourth-order valence-corrected chi connectivity index (χ4v) is 5.39. The van der Waals surface area contributed by atoms with E-state index < -0.39 is 0 Å². The van der Waals surface area contributed by atoms with E-state index >= 15 is 0 Å². The highest BCUT2D eigenvalue weighted by Crippen LogP contribution is 2.29. The highest BCUT2D eigenvalue weighted by Gasteiger charge is 2.34. The van der Waals surface area contributed by atoms with Gasteiger partial charge in [-0.3, -0.25) is 4.79 Å². The number of carbonyl (C=O) groups is 2. The number of H-pyrrole nitrogens is 1. The zero-order valence-corrected chi connectivity index (χ0v) is 18.1. The molecule has 1 aliphatic carbocycles. The van der Waals surface area contributed by atoms with Crippen molar-refractivity contribution in [3.63, 3.8) is 0 Å². The van der Waals surface area contributed by atoms with Gasteiger partial charge in [-0.1, -0.05) is 12.8 Å². The van der Waals surface area contributed by atoms with Crippen molar-refractivity contribution in [2.45, 2.75) is 63.3 Å². The normalized spacial score (nSPS) is 23.4. The van der Waals surface area contributed by atoms with Crippen molar-refractivity contribution < 1.29 is 9.59 Å². The van der Waals surface area contributed by atoms with Crippen LogP contribution in [0.1, 0.15) is 63.1 Å². The van der Waals surface area contributed by atoms with E-state index in [1.54, 1.807) is 6.20 Å². The van der Waals surface area contributed by atoms with E-state index in [0.29, 0.717) is 18.5 Å². The molecule has 3 amide bonds. The number of pyridine rings is 1. The van der Waals surface area contributed by atoms with Gasteiger partial charge in [-0.15, -0.1) is 0 Å². The van der Waals surface area contributed by atoms with Crippen LogP contribution in [0.15, 0.2) is 18.3 Å². The van der Waals surface area contributed by atoms with E-state index in [-0.39, 0.29) is 17.9 Å². The molecule has 5 rings (SSSR count). The van der Waals surface area contributed by atoms with Crippen LogP contribution in [0.2, 0.25) is 0 Å². The fraction of sp³-hybridized carbons (Fsp3) is 0.652. The first-order valence-corrected chi connectivity index (χ1v) is 11.8. The molecule has 8 nitrogen and oxygen atoms in total. The molecule has 2 aliphatic heterocycles. The summed E-state index contributed by atoms with van der Waals surface area (Å²) in [7, 11) is 0. The van der Waals surface area contributed by atoms with Crippen LogP contribution in [0.5, 0.6) is 0 Å². The molecule has 2 aromatic heterocycles. The van der Waals surface area contributed by atoms with Crippen molar-refractivity contribution in [1.82, 2.24) is 30.1 Å². The molecule has 0 aromatic carbocycles. The number of rotatable bonds is 3. The summed E-state index contributed by atoms with van der Waals surface area (Å²) in [6.45, 7) is 2.80. The summed E-state index contributed by atoms with van der Waals surface area (Å²) >= 11 is 0. The van der Waals surface area contributed by atoms with E-state index in [1.807, 2.05) is 21.9 Å². The number of nitrogens with zero attached hydrogens (tertiary/aromatic N) is 4. The third-order valence-electron chi connectivity index (χ3n) is 7.21. The molecule has 3 aliphatic rings. The monoisotopic (exact) mass is 424 g/mol. The van der Waals surface area contributed by atoms with Crippen LogP contribution >= 0.6 is 0 Å². The fourth-order valence-electron chi connectivity index (χ4n) is 5.39. The Hall–Kier alpha value is -2.64. The second-order valence-electron chi connectivity index (χ2n) is 9.31. The van der Waals surface area contributed by atoms with E-state index in [0.717, 1.165) is 75.1 Å². The van der Waals surface area contributed by atoms with Crippen LogP contribution in [-0.2, 0) is 4.79 Å². The first kappa shape index (κ1) is 20.3. The molecule has 31 heavy (non-hydrogen) atoms. The summed E-state index contributed by atoms with van der Waals surface area (Å²) < 4.78 is 0. The maximum atomic E-state index is 13.2. The highest BCUT2D eigenvalue weighted by atomic mass is 16.2. The number of imidazole rings is 1. The van der Waals surface area contributed by atoms with Crippen molar-refractivity contribution in [1.29, 1.82) is 0 Å². The quantitative estimate of drug-likeness (QED) is 0.792. The van der Waals surface area contributed by atoms with Crippen molar-refractivity contribution >= 4 is 23.1 Å². The van der Waals surface area contributed by atoms with Gasteiger partial charge in [-0.05, 0) is 50.7 Å². The van der Waals surface area contributed by atoms with Gasteiger partial charge in [0.15, 0.2) is 5.65 Å². The molecule has 8 heteroatoms. The molecule has 0 spiro atoms. The van der Waals surface area contributed by atoms with Gasteiger partial charge in [0.1, 0.15) is 5.82 Å². The number of aromatic amines is 1. The third-order valence-corrected chi connectivity index (χ3v) is 7.21. The molecule has 0 bridgehead atoms. The molecule has 2 aromatic rings. The smallest absolute Gasteiger partial charge is 0.317 e. The topological polar surface area (TPSA) is 94.2 Å². The second-order valence-corrected chi connectivity index (χ2v) is 9.31. The lowest BCUT2D eigenvalue weighted by Crippen LogP contribution is -2.52. The minimum Gasteiger partial charge on any atom is -0.342 e. The SMILES string of the molecule is O=C(NC1CCCC1)N1CCCC(C(=O)N2CCC(c3nc4ncccc4[nH]3)CC2)C1. The minimum atomic E-state index is -0.0740. The maximum Gasteiger partial charge on any atom is 0.317 e. The molecule has 2 saturated heterocycles. The Kier molecular flexibility index (Phi) is 5.78. The average Bonchev–Trinajstić information content (AvgIpc) is 3.48. The Labute approximate surface area is 182 Å². The summed E-state index contributed by atoms with van der Waals surface area (Å²) in [4.78, 5) is 42.0. The number of hydrogen-bond acceptors (Lipinski definition) is 4. The Morgan fingerprint density at radius 2 is 1.81 bits per heavy atom. The summed E-state index contributed by atoms with van der Waals surface area (Å²) in [5.74, 6) is 1.45.